The van der Waals surface area contributed by atoms with E-state index < -0.39 is 6.04 Å². The largest absolute Gasteiger partial charge is 0.354 e. The first-order chi connectivity index (χ1) is 12.9. The van der Waals surface area contributed by atoms with Crippen molar-refractivity contribution in [2.24, 2.45) is 0 Å². The molecule has 0 fully saturated rings. The van der Waals surface area contributed by atoms with Gasteiger partial charge in [0, 0.05) is 17.6 Å². The summed E-state index contributed by atoms with van der Waals surface area (Å²) in [4.78, 5) is 27.0. The number of carbonyl (C=O) groups is 2. The molecular formula is C21H24BrFN2O2. The van der Waals surface area contributed by atoms with E-state index in [1.165, 1.54) is 12.1 Å². The fourth-order valence-electron chi connectivity index (χ4n) is 2.69. The molecule has 2 aromatic carbocycles. The second-order valence-corrected chi connectivity index (χ2v) is 7.34. The fraction of sp³-hybridized carbons (Fsp3) is 0.333. The Balaban J connectivity index is 2.20. The molecule has 4 nitrogen and oxygen atoms in total. The Morgan fingerprint density at radius 2 is 1.85 bits per heavy atom. The molecule has 0 unspecified atom stereocenters. The number of nitrogens with one attached hydrogen (secondary N) is 1. The van der Waals surface area contributed by atoms with Crippen molar-refractivity contribution in [1.82, 2.24) is 10.2 Å². The van der Waals surface area contributed by atoms with Crippen LogP contribution in [-0.2, 0) is 22.6 Å². The molecule has 2 amide bonds. The minimum absolute atomic E-state index is 0.111. The van der Waals surface area contributed by atoms with Gasteiger partial charge in [-0.05, 0) is 48.7 Å². The number of hydrogen-bond acceptors (Lipinski definition) is 2. The van der Waals surface area contributed by atoms with E-state index in [1.807, 2.05) is 31.2 Å². The van der Waals surface area contributed by atoms with Crippen LogP contribution >= 0.6 is 15.9 Å². The third-order valence-electron chi connectivity index (χ3n) is 4.23. The number of halogens is 2. The lowest BCUT2D eigenvalue weighted by atomic mass is 10.1. The summed E-state index contributed by atoms with van der Waals surface area (Å²) >= 11 is 3.43. The molecule has 0 aliphatic carbocycles. The quantitative estimate of drug-likeness (QED) is 0.680. The predicted octanol–water partition coefficient (Wildman–Crippen LogP) is 4.07. The summed E-state index contributed by atoms with van der Waals surface area (Å²) in [6, 6.07) is 12.9. The van der Waals surface area contributed by atoms with E-state index in [0.717, 1.165) is 16.5 Å². The highest BCUT2D eigenvalue weighted by atomic mass is 79.9. The maximum atomic E-state index is 13.1. The molecule has 1 N–H and O–H groups in total. The van der Waals surface area contributed by atoms with Gasteiger partial charge in [0.1, 0.15) is 11.9 Å². The molecule has 6 heteroatoms. The lowest BCUT2D eigenvalue weighted by Gasteiger charge is -2.29. The van der Waals surface area contributed by atoms with E-state index in [0.29, 0.717) is 18.7 Å². The summed E-state index contributed by atoms with van der Waals surface area (Å²) < 4.78 is 14.0. The Hall–Kier alpha value is -2.21. The number of amides is 2. The van der Waals surface area contributed by atoms with Crippen molar-refractivity contribution in [3.05, 3.63) is 69.9 Å². The highest BCUT2D eigenvalue weighted by Gasteiger charge is 2.26. The van der Waals surface area contributed by atoms with Gasteiger partial charge in [0.05, 0.1) is 6.42 Å². The minimum Gasteiger partial charge on any atom is -0.354 e. The van der Waals surface area contributed by atoms with Gasteiger partial charge >= 0.3 is 0 Å². The standard InChI is InChI=1S/C21H24BrFN2O2/c1-3-11-24-21(27)15(2)25(14-17-5-4-6-18(22)12-17)20(26)13-16-7-9-19(23)10-8-16/h4-10,12,15H,3,11,13-14H2,1-2H3,(H,24,27)/t15-/m1/s1. The van der Waals surface area contributed by atoms with Gasteiger partial charge in [-0.15, -0.1) is 0 Å². The van der Waals surface area contributed by atoms with Crippen LogP contribution in [0.2, 0.25) is 0 Å². The maximum Gasteiger partial charge on any atom is 0.242 e. The van der Waals surface area contributed by atoms with E-state index in [1.54, 1.807) is 24.0 Å². The van der Waals surface area contributed by atoms with Crippen molar-refractivity contribution in [2.45, 2.75) is 39.3 Å². The van der Waals surface area contributed by atoms with Crippen LogP contribution in [0.5, 0.6) is 0 Å². The molecule has 0 heterocycles. The van der Waals surface area contributed by atoms with E-state index >= 15 is 0 Å². The highest BCUT2D eigenvalue weighted by Crippen LogP contribution is 2.16. The monoisotopic (exact) mass is 434 g/mol. The molecule has 2 aromatic rings. The molecule has 0 saturated heterocycles. The van der Waals surface area contributed by atoms with Crippen molar-refractivity contribution in [3.8, 4) is 0 Å². The Morgan fingerprint density at radius 3 is 2.48 bits per heavy atom. The predicted molar refractivity (Wildman–Crippen MR) is 108 cm³/mol. The summed E-state index contributed by atoms with van der Waals surface area (Å²) in [5.74, 6) is -0.704. The van der Waals surface area contributed by atoms with Gasteiger partial charge in [-0.2, -0.15) is 0 Å². The zero-order valence-electron chi connectivity index (χ0n) is 15.5. The third kappa shape index (κ3) is 6.47. The normalized spacial score (nSPS) is 11.7. The highest BCUT2D eigenvalue weighted by molar-refractivity contribution is 9.10. The number of benzene rings is 2. The number of rotatable bonds is 8. The summed E-state index contributed by atoms with van der Waals surface area (Å²) in [5, 5.41) is 2.84. The van der Waals surface area contributed by atoms with Gasteiger partial charge in [0.15, 0.2) is 0 Å². The third-order valence-corrected chi connectivity index (χ3v) is 4.72. The van der Waals surface area contributed by atoms with Crippen LogP contribution in [-0.4, -0.2) is 29.3 Å². The summed E-state index contributed by atoms with van der Waals surface area (Å²) in [7, 11) is 0. The van der Waals surface area contributed by atoms with Crippen LogP contribution in [0, 0.1) is 5.82 Å². The van der Waals surface area contributed by atoms with Gasteiger partial charge < -0.3 is 10.2 Å². The van der Waals surface area contributed by atoms with Crippen molar-refractivity contribution in [2.75, 3.05) is 6.54 Å². The van der Waals surface area contributed by atoms with Gasteiger partial charge in [-0.1, -0.05) is 47.1 Å². The van der Waals surface area contributed by atoms with E-state index in [-0.39, 0.29) is 24.1 Å². The molecule has 27 heavy (non-hydrogen) atoms. The van der Waals surface area contributed by atoms with Crippen molar-refractivity contribution >= 4 is 27.7 Å². The zero-order chi connectivity index (χ0) is 19.8. The molecule has 0 radical (unpaired) electrons. The lowest BCUT2D eigenvalue weighted by molar-refractivity contribution is -0.140. The molecule has 0 bridgehead atoms. The first-order valence-corrected chi connectivity index (χ1v) is 9.76. The number of carbonyl (C=O) groups excluding carboxylic acids is 2. The first kappa shape index (κ1) is 21.1. The van der Waals surface area contributed by atoms with Crippen molar-refractivity contribution in [3.63, 3.8) is 0 Å². The molecular weight excluding hydrogens is 411 g/mol. The molecule has 1 atom stereocenters. The average molecular weight is 435 g/mol. The van der Waals surface area contributed by atoms with Gasteiger partial charge in [-0.25, -0.2) is 4.39 Å². The van der Waals surface area contributed by atoms with Gasteiger partial charge in [0.2, 0.25) is 11.8 Å². The molecule has 0 aliphatic heterocycles. The molecule has 0 aliphatic rings. The van der Waals surface area contributed by atoms with Crippen molar-refractivity contribution in [1.29, 1.82) is 0 Å². The minimum atomic E-state index is -0.608. The molecule has 2 rings (SSSR count). The second kappa shape index (κ2) is 10.2. The zero-order valence-corrected chi connectivity index (χ0v) is 17.1. The fourth-order valence-corrected chi connectivity index (χ4v) is 3.14. The van der Waals surface area contributed by atoms with Crippen molar-refractivity contribution < 1.29 is 14.0 Å². The smallest absolute Gasteiger partial charge is 0.242 e. The second-order valence-electron chi connectivity index (χ2n) is 6.42. The van der Waals surface area contributed by atoms with Crippen LogP contribution in [0.25, 0.3) is 0 Å². The number of hydrogen-bond donors (Lipinski definition) is 1. The summed E-state index contributed by atoms with van der Waals surface area (Å²) in [6.45, 7) is 4.59. The van der Waals surface area contributed by atoms with Gasteiger partial charge in [-0.3, -0.25) is 9.59 Å². The van der Waals surface area contributed by atoms with E-state index in [9.17, 15) is 14.0 Å². The van der Waals surface area contributed by atoms with Crippen LogP contribution in [0.3, 0.4) is 0 Å². The topological polar surface area (TPSA) is 49.4 Å². The maximum absolute atomic E-state index is 13.1. The van der Waals surface area contributed by atoms with Crippen LogP contribution in [0.4, 0.5) is 4.39 Å². The Labute approximate surface area is 167 Å². The Bertz CT molecular complexity index is 780. The molecule has 0 spiro atoms. The lowest BCUT2D eigenvalue weighted by Crippen LogP contribution is -2.48. The van der Waals surface area contributed by atoms with E-state index in [2.05, 4.69) is 21.2 Å². The Kier molecular flexibility index (Phi) is 7.98. The van der Waals surface area contributed by atoms with Crippen LogP contribution < -0.4 is 5.32 Å². The Morgan fingerprint density at radius 1 is 1.15 bits per heavy atom. The van der Waals surface area contributed by atoms with Crippen LogP contribution in [0.15, 0.2) is 53.0 Å². The van der Waals surface area contributed by atoms with Crippen LogP contribution in [0.1, 0.15) is 31.4 Å². The number of nitrogens with zero attached hydrogens (tertiary/aromatic N) is 1. The molecule has 0 aromatic heterocycles. The average Bonchev–Trinajstić information content (AvgIpc) is 2.65. The summed E-state index contributed by atoms with van der Waals surface area (Å²) in [6.07, 6.45) is 0.938. The first-order valence-electron chi connectivity index (χ1n) is 8.96. The van der Waals surface area contributed by atoms with E-state index in [4.69, 9.17) is 0 Å². The molecule has 144 valence electrons. The van der Waals surface area contributed by atoms with Gasteiger partial charge in [0.25, 0.3) is 0 Å². The summed E-state index contributed by atoms with van der Waals surface area (Å²) in [5.41, 5.74) is 1.63. The SMILES string of the molecule is CCCNC(=O)[C@@H](C)N(Cc1cccc(Br)c1)C(=O)Cc1ccc(F)cc1. The molecule has 0 saturated carbocycles.